The third-order valence-electron chi connectivity index (χ3n) is 5.60. The summed E-state index contributed by atoms with van der Waals surface area (Å²) in [6.45, 7) is 0.985. The third-order valence-corrected chi connectivity index (χ3v) is 5.60. The Hall–Kier alpha value is -4.17. The van der Waals surface area contributed by atoms with Crippen LogP contribution >= 0.6 is 0 Å². The van der Waals surface area contributed by atoms with Crippen LogP contribution in [0.2, 0.25) is 0 Å². The van der Waals surface area contributed by atoms with E-state index in [4.69, 9.17) is 11.5 Å². The fourth-order valence-electron chi connectivity index (χ4n) is 3.83. The molecule has 4 rings (SSSR count). The van der Waals surface area contributed by atoms with Gasteiger partial charge in [0.05, 0.1) is 28.1 Å². The van der Waals surface area contributed by atoms with E-state index in [1.807, 2.05) is 4.90 Å². The zero-order valence-corrected chi connectivity index (χ0v) is 18.9. The largest absolute Gasteiger partial charge is 0.416 e. The molecule has 1 aliphatic rings. The lowest BCUT2D eigenvalue weighted by molar-refractivity contribution is -0.137. The van der Waals surface area contributed by atoms with Gasteiger partial charge in [-0.1, -0.05) is 11.8 Å². The van der Waals surface area contributed by atoms with Crippen molar-refractivity contribution in [3.05, 3.63) is 76.9 Å². The van der Waals surface area contributed by atoms with Crippen LogP contribution in [-0.4, -0.2) is 35.0 Å². The van der Waals surface area contributed by atoms with Crippen molar-refractivity contribution in [3.8, 4) is 11.8 Å². The Labute approximate surface area is 204 Å². The first-order valence-electron chi connectivity index (χ1n) is 11.0. The summed E-state index contributed by atoms with van der Waals surface area (Å²) in [5.41, 5.74) is 11.2. The highest BCUT2D eigenvalue weighted by atomic mass is 19.4. The zero-order valence-electron chi connectivity index (χ0n) is 18.9. The predicted octanol–water partition coefficient (Wildman–Crippen LogP) is 3.80. The monoisotopic (exact) mass is 498 g/mol. The summed E-state index contributed by atoms with van der Waals surface area (Å²) in [6.07, 6.45) is -0.254. The molecule has 0 bridgehead atoms. The lowest BCUT2D eigenvalue weighted by Gasteiger charge is -2.34. The van der Waals surface area contributed by atoms with Crippen LogP contribution in [0.1, 0.15) is 39.9 Å². The summed E-state index contributed by atoms with van der Waals surface area (Å²) >= 11 is 0. The highest BCUT2D eigenvalue weighted by Gasteiger charge is 2.32. The summed E-state index contributed by atoms with van der Waals surface area (Å²) in [5.74, 6) is 3.88. The highest BCUT2D eigenvalue weighted by molar-refractivity contribution is 6.06. The number of alkyl halides is 3. The van der Waals surface area contributed by atoms with Gasteiger partial charge in [-0.15, -0.1) is 0 Å². The molecule has 0 spiro atoms. The smallest absolute Gasteiger partial charge is 0.368 e. The molecule has 2 aromatic carbocycles. The standard InChI is InChI=1S/C25H22F4N6O/c26-20-7-5-15(3-4-16-12-32-24(31)33-13-16)10-19(20)23(36)34-21-11-17(25(27,28)29)6-8-22(21)35-9-1-2-18(30)14-35/h5-8,10-13,18H,1-2,9,14,30H2,(H,34,36)(H2,31,32,33). The van der Waals surface area contributed by atoms with E-state index in [0.29, 0.717) is 29.9 Å². The van der Waals surface area contributed by atoms with Crippen molar-refractivity contribution in [1.82, 2.24) is 9.97 Å². The average molecular weight is 498 g/mol. The molecule has 1 amide bonds. The molecule has 0 radical (unpaired) electrons. The van der Waals surface area contributed by atoms with E-state index in [1.54, 1.807) is 0 Å². The molecule has 1 aliphatic heterocycles. The van der Waals surface area contributed by atoms with Gasteiger partial charge in [-0.2, -0.15) is 13.2 Å². The molecule has 1 atom stereocenters. The van der Waals surface area contributed by atoms with Crippen molar-refractivity contribution in [3.63, 3.8) is 0 Å². The van der Waals surface area contributed by atoms with Gasteiger partial charge in [0.1, 0.15) is 5.82 Å². The van der Waals surface area contributed by atoms with Crippen LogP contribution in [0.5, 0.6) is 0 Å². The molecule has 5 N–H and O–H groups in total. The highest BCUT2D eigenvalue weighted by Crippen LogP contribution is 2.36. The number of carbonyl (C=O) groups is 1. The van der Waals surface area contributed by atoms with E-state index in [2.05, 4.69) is 27.1 Å². The van der Waals surface area contributed by atoms with Gasteiger partial charge < -0.3 is 21.7 Å². The molecule has 2 heterocycles. The number of nitrogens with two attached hydrogens (primary N) is 2. The van der Waals surface area contributed by atoms with E-state index < -0.39 is 23.5 Å². The second kappa shape index (κ2) is 10.2. The van der Waals surface area contributed by atoms with Gasteiger partial charge in [-0.05, 0) is 49.2 Å². The summed E-state index contributed by atoms with van der Waals surface area (Å²) in [6, 6.07) is 6.60. The van der Waals surface area contributed by atoms with Crippen LogP contribution in [0.15, 0.2) is 48.8 Å². The second-order valence-corrected chi connectivity index (χ2v) is 8.31. The fraction of sp³-hybridized carbons (Fsp3) is 0.240. The number of nitrogen functional groups attached to an aromatic ring is 1. The lowest BCUT2D eigenvalue weighted by atomic mass is 10.0. The number of carbonyl (C=O) groups excluding carboxylic acids is 1. The first kappa shape index (κ1) is 24.9. The van der Waals surface area contributed by atoms with E-state index in [-0.39, 0.29) is 23.2 Å². The minimum Gasteiger partial charge on any atom is -0.368 e. The number of halogens is 4. The third kappa shape index (κ3) is 5.90. The van der Waals surface area contributed by atoms with E-state index in [1.165, 1.54) is 30.6 Å². The fourth-order valence-corrected chi connectivity index (χ4v) is 3.83. The molecule has 0 aliphatic carbocycles. The summed E-state index contributed by atoms with van der Waals surface area (Å²) in [7, 11) is 0. The molecule has 1 unspecified atom stereocenters. The Morgan fingerprint density at radius 2 is 1.81 bits per heavy atom. The van der Waals surface area contributed by atoms with Crippen molar-refractivity contribution >= 4 is 23.2 Å². The van der Waals surface area contributed by atoms with Crippen molar-refractivity contribution < 1.29 is 22.4 Å². The molecule has 11 heteroatoms. The quantitative estimate of drug-likeness (QED) is 0.374. The van der Waals surface area contributed by atoms with Gasteiger partial charge in [0.25, 0.3) is 5.91 Å². The van der Waals surface area contributed by atoms with Crippen LogP contribution in [0.4, 0.5) is 34.9 Å². The van der Waals surface area contributed by atoms with Crippen molar-refractivity contribution in [2.24, 2.45) is 5.73 Å². The Morgan fingerprint density at radius 1 is 1.08 bits per heavy atom. The van der Waals surface area contributed by atoms with Crippen LogP contribution in [0, 0.1) is 17.7 Å². The number of aromatic nitrogens is 2. The zero-order chi connectivity index (χ0) is 25.9. The molecule has 0 saturated carbocycles. The normalized spacial score (nSPS) is 15.7. The van der Waals surface area contributed by atoms with E-state index >= 15 is 0 Å². The molecule has 1 fully saturated rings. The summed E-state index contributed by atoms with van der Waals surface area (Å²) in [5, 5.41) is 2.46. The molecule has 1 aromatic heterocycles. The number of hydrogen-bond acceptors (Lipinski definition) is 6. The number of piperidine rings is 1. The minimum absolute atomic E-state index is 0.0844. The predicted molar refractivity (Wildman–Crippen MR) is 128 cm³/mol. The molecule has 3 aromatic rings. The molecular weight excluding hydrogens is 476 g/mol. The van der Waals surface area contributed by atoms with Gasteiger partial charge >= 0.3 is 6.18 Å². The Bertz CT molecular complexity index is 1330. The van der Waals surface area contributed by atoms with Crippen molar-refractivity contribution in [2.75, 3.05) is 29.0 Å². The van der Waals surface area contributed by atoms with Gasteiger partial charge in [-0.25, -0.2) is 14.4 Å². The summed E-state index contributed by atoms with van der Waals surface area (Å²) < 4.78 is 54.7. The number of anilines is 3. The topological polar surface area (TPSA) is 110 Å². The molecule has 7 nitrogen and oxygen atoms in total. The maximum absolute atomic E-state index is 14.6. The minimum atomic E-state index is -4.62. The Kier molecular flexibility index (Phi) is 7.07. The lowest BCUT2D eigenvalue weighted by Crippen LogP contribution is -2.43. The first-order chi connectivity index (χ1) is 17.1. The number of nitrogens with zero attached hydrogens (tertiary/aromatic N) is 3. The maximum atomic E-state index is 14.6. The van der Waals surface area contributed by atoms with Crippen molar-refractivity contribution in [2.45, 2.75) is 25.1 Å². The number of amides is 1. The van der Waals surface area contributed by atoms with Gasteiger partial charge in [0.15, 0.2) is 0 Å². The van der Waals surface area contributed by atoms with E-state index in [9.17, 15) is 22.4 Å². The molecule has 1 saturated heterocycles. The first-order valence-corrected chi connectivity index (χ1v) is 11.0. The van der Waals surface area contributed by atoms with Crippen LogP contribution in [0.25, 0.3) is 0 Å². The second-order valence-electron chi connectivity index (χ2n) is 8.31. The SMILES string of the molecule is Nc1ncc(C#Cc2ccc(F)c(C(=O)Nc3cc(C(F)(F)F)ccc3N3CCCC(N)C3)c2)cn1. The number of hydrogen-bond donors (Lipinski definition) is 3. The number of nitrogens with one attached hydrogen (secondary N) is 1. The summed E-state index contributed by atoms with van der Waals surface area (Å²) in [4.78, 5) is 22.5. The molecule has 36 heavy (non-hydrogen) atoms. The van der Waals surface area contributed by atoms with Crippen molar-refractivity contribution in [1.29, 1.82) is 0 Å². The van der Waals surface area contributed by atoms with Gasteiger partial charge in [-0.3, -0.25) is 4.79 Å². The number of rotatable bonds is 3. The average Bonchev–Trinajstić information content (AvgIpc) is 2.84. The van der Waals surface area contributed by atoms with Crippen LogP contribution in [-0.2, 0) is 6.18 Å². The Balaban J connectivity index is 1.64. The maximum Gasteiger partial charge on any atom is 0.416 e. The van der Waals surface area contributed by atoms with Crippen LogP contribution < -0.4 is 21.7 Å². The van der Waals surface area contributed by atoms with E-state index in [0.717, 1.165) is 31.0 Å². The Morgan fingerprint density at radius 3 is 2.50 bits per heavy atom. The molecule has 186 valence electrons. The number of benzene rings is 2. The molecular formula is C25H22F4N6O. The van der Waals surface area contributed by atoms with Gasteiger partial charge in [0.2, 0.25) is 5.95 Å². The van der Waals surface area contributed by atoms with Crippen LogP contribution in [0.3, 0.4) is 0 Å². The van der Waals surface area contributed by atoms with Gasteiger partial charge in [0, 0.05) is 37.1 Å².